The van der Waals surface area contributed by atoms with E-state index in [2.05, 4.69) is 15.9 Å². The number of carbonyl (C=O) groups is 2. The summed E-state index contributed by atoms with van der Waals surface area (Å²) in [6.45, 7) is 0. The zero-order valence-corrected chi connectivity index (χ0v) is 19.0. The molecule has 1 N–H and O–H groups in total. The normalized spacial score (nSPS) is 17.5. The van der Waals surface area contributed by atoms with Crippen molar-refractivity contribution in [1.82, 2.24) is 0 Å². The third-order valence-corrected chi connectivity index (χ3v) is 5.81. The molecule has 1 fully saturated rings. The maximum absolute atomic E-state index is 13.2. The summed E-state index contributed by atoms with van der Waals surface area (Å²) in [7, 11) is 3.04. The Bertz CT molecular complexity index is 1220. The van der Waals surface area contributed by atoms with Crippen molar-refractivity contribution in [3.05, 3.63) is 94.0 Å². The van der Waals surface area contributed by atoms with Crippen LogP contribution in [0.15, 0.2) is 82.8 Å². The van der Waals surface area contributed by atoms with Crippen LogP contribution in [0.4, 0.5) is 5.69 Å². The summed E-state index contributed by atoms with van der Waals surface area (Å²) in [5, 5.41) is 11.1. The van der Waals surface area contributed by atoms with Crippen LogP contribution in [0.3, 0.4) is 0 Å². The molecule has 0 aromatic heterocycles. The maximum atomic E-state index is 13.2. The van der Waals surface area contributed by atoms with Gasteiger partial charge in [-0.05, 0) is 30.3 Å². The predicted octanol–water partition coefficient (Wildman–Crippen LogP) is 5.09. The summed E-state index contributed by atoms with van der Waals surface area (Å²) >= 11 is 3.42. The number of carbonyl (C=O) groups excluding carboxylic acids is 2. The second-order valence-electron chi connectivity index (χ2n) is 7.12. The molecule has 4 rings (SSSR count). The number of amides is 1. The average Bonchev–Trinajstić information content (AvgIpc) is 3.08. The number of anilines is 1. The molecule has 0 bridgehead atoms. The van der Waals surface area contributed by atoms with E-state index in [1.54, 1.807) is 66.7 Å². The van der Waals surface area contributed by atoms with E-state index in [0.717, 1.165) is 4.47 Å². The average molecular weight is 494 g/mol. The summed E-state index contributed by atoms with van der Waals surface area (Å²) < 4.78 is 11.6. The molecule has 162 valence electrons. The Balaban J connectivity index is 2.00. The Morgan fingerprint density at radius 2 is 1.69 bits per heavy atom. The summed E-state index contributed by atoms with van der Waals surface area (Å²) in [6, 6.07) is 20.0. The number of aliphatic hydroxyl groups excluding tert-OH is 1. The maximum Gasteiger partial charge on any atom is 0.300 e. The number of ether oxygens (including phenoxy) is 2. The van der Waals surface area contributed by atoms with Crippen molar-refractivity contribution in [3.63, 3.8) is 0 Å². The number of hydrogen-bond acceptors (Lipinski definition) is 5. The molecule has 1 heterocycles. The second kappa shape index (κ2) is 8.88. The largest absolute Gasteiger partial charge is 0.507 e. The first kappa shape index (κ1) is 21.6. The molecule has 0 aliphatic carbocycles. The number of aliphatic hydroxyl groups is 1. The van der Waals surface area contributed by atoms with E-state index in [0.29, 0.717) is 28.3 Å². The van der Waals surface area contributed by atoms with Crippen molar-refractivity contribution < 1.29 is 24.2 Å². The highest BCUT2D eigenvalue weighted by atomic mass is 79.9. The molecule has 6 nitrogen and oxygen atoms in total. The van der Waals surface area contributed by atoms with Crippen LogP contribution in [0.5, 0.6) is 11.5 Å². The van der Waals surface area contributed by atoms with Crippen molar-refractivity contribution in [1.29, 1.82) is 0 Å². The van der Waals surface area contributed by atoms with Crippen LogP contribution < -0.4 is 14.4 Å². The Labute approximate surface area is 193 Å². The van der Waals surface area contributed by atoms with Gasteiger partial charge in [0, 0.05) is 27.4 Å². The number of ketones is 1. The number of halogens is 1. The highest BCUT2D eigenvalue weighted by Crippen LogP contribution is 2.45. The minimum absolute atomic E-state index is 0.00959. The second-order valence-corrected chi connectivity index (χ2v) is 8.04. The minimum Gasteiger partial charge on any atom is -0.507 e. The fourth-order valence-corrected chi connectivity index (χ4v) is 4.20. The Morgan fingerprint density at radius 3 is 2.34 bits per heavy atom. The third-order valence-electron chi connectivity index (χ3n) is 5.31. The van der Waals surface area contributed by atoms with E-state index in [9.17, 15) is 14.7 Å². The minimum atomic E-state index is -0.898. The van der Waals surface area contributed by atoms with Gasteiger partial charge >= 0.3 is 0 Å². The van der Waals surface area contributed by atoms with Gasteiger partial charge < -0.3 is 14.6 Å². The van der Waals surface area contributed by atoms with E-state index in [1.807, 2.05) is 6.07 Å². The summed E-state index contributed by atoms with van der Waals surface area (Å²) in [6.07, 6.45) is 0. The van der Waals surface area contributed by atoms with Crippen LogP contribution in [0.2, 0.25) is 0 Å². The molecule has 3 aromatic rings. The van der Waals surface area contributed by atoms with E-state index in [1.165, 1.54) is 19.1 Å². The van der Waals surface area contributed by atoms with E-state index in [4.69, 9.17) is 9.47 Å². The van der Waals surface area contributed by atoms with E-state index >= 15 is 0 Å². The molecule has 32 heavy (non-hydrogen) atoms. The molecule has 1 aliphatic heterocycles. The number of benzene rings is 3. The number of methoxy groups -OCH3 is 2. The van der Waals surface area contributed by atoms with Gasteiger partial charge in [0.05, 0.1) is 25.8 Å². The first-order valence-electron chi connectivity index (χ1n) is 9.80. The topological polar surface area (TPSA) is 76.1 Å². The quantitative estimate of drug-likeness (QED) is 0.304. The Kier molecular flexibility index (Phi) is 6.01. The Hall–Kier alpha value is -3.58. The number of hydrogen-bond donors (Lipinski definition) is 1. The molecule has 1 atom stereocenters. The summed E-state index contributed by atoms with van der Waals surface area (Å²) in [5.41, 5.74) is 1.49. The molecule has 0 saturated carbocycles. The molecular formula is C25H20BrNO5. The third kappa shape index (κ3) is 3.76. The van der Waals surface area contributed by atoms with Crippen LogP contribution in [-0.2, 0) is 9.59 Å². The monoisotopic (exact) mass is 493 g/mol. The molecule has 7 heteroatoms. The van der Waals surface area contributed by atoms with E-state index in [-0.39, 0.29) is 11.3 Å². The lowest BCUT2D eigenvalue weighted by Gasteiger charge is -2.27. The zero-order valence-electron chi connectivity index (χ0n) is 17.4. The smallest absolute Gasteiger partial charge is 0.300 e. The van der Waals surface area contributed by atoms with Crippen molar-refractivity contribution in [2.24, 2.45) is 0 Å². The van der Waals surface area contributed by atoms with Gasteiger partial charge in [0.15, 0.2) is 0 Å². The van der Waals surface area contributed by atoms with E-state index < -0.39 is 17.7 Å². The first-order chi connectivity index (χ1) is 15.5. The van der Waals surface area contributed by atoms with Gasteiger partial charge in [-0.3, -0.25) is 14.5 Å². The van der Waals surface area contributed by atoms with Crippen LogP contribution in [0, 0.1) is 0 Å². The molecule has 1 amide bonds. The van der Waals surface area contributed by atoms with Gasteiger partial charge in [0.2, 0.25) is 0 Å². The predicted molar refractivity (Wildman–Crippen MR) is 125 cm³/mol. The molecule has 0 unspecified atom stereocenters. The van der Waals surface area contributed by atoms with Crippen molar-refractivity contribution in [2.45, 2.75) is 6.04 Å². The van der Waals surface area contributed by atoms with Crippen LogP contribution >= 0.6 is 15.9 Å². The molecule has 0 radical (unpaired) electrons. The number of rotatable bonds is 5. The summed E-state index contributed by atoms with van der Waals surface area (Å²) in [5.74, 6) is -0.759. The molecule has 3 aromatic carbocycles. The van der Waals surface area contributed by atoms with Crippen molar-refractivity contribution >= 4 is 39.1 Å². The SMILES string of the molecule is COc1ccc([C@H]2C(=C(O)c3ccccc3)C(=O)C(=O)N2c2cccc(Br)c2)c(OC)c1. The van der Waals surface area contributed by atoms with Gasteiger partial charge in [-0.2, -0.15) is 0 Å². The van der Waals surface area contributed by atoms with Crippen LogP contribution in [-0.4, -0.2) is 31.0 Å². The lowest BCUT2D eigenvalue weighted by atomic mass is 9.94. The van der Waals surface area contributed by atoms with Crippen LogP contribution in [0.25, 0.3) is 5.76 Å². The van der Waals surface area contributed by atoms with Gasteiger partial charge in [0.25, 0.3) is 11.7 Å². The van der Waals surface area contributed by atoms with Crippen molar-refractivity contribution in [3.8, 4) is 11.5 Å². The molecule has 1 saturated heterocycles. The number of Topliss-reactive ketones (excluding diaryl/α,β-unsaturated/α-hetero) is 1. The van der Waals surface area contributed by atoms with Gasteiger partial charge in [0.1, 0.15) is 17.3 Å². The highest BCUT2D eigenvalue weighted by Gasteiger charge is 2.48. The van der Waals surface area contributed by atoms with Gasteiger partial charge in [-0.1, -0.05) is 52.3 Å². The molecular weight excluding hydrogens is 474 g/mol. The summed E-state index contributed by atoms with van der Waals surface area (Å²) in [4.78, 5) is 27.8. The zero-order chi connectivity index (χ0) is 22.8. The Morgan fingerprint density at radius 1 is 0.938 bits per heavy atom. The van der Waals surface area contributed by atoms with Gasteiger partial charge in [-0.15, -0.1) is 0 Å². The molecule has 0 spiro atoms. The lowest BCUT2D eigenvalue weighted by Crippen LogP contribution is -2.29. The fraction of sp³-hybridized carbons (Fsp3) is 0.120. The van der Waals surface area contributed by atoms with Gasteiger partial charge in [-0.25, -0.2) is 0 Å². The first-order valence-corrected chi connectivity index (χ1v) is 10.6. The molecule has 1 aliphatic rings. The van der Waals surface area contributed by atoms with Crippen molar-refractivity contribution in [2.75, 3.05) is 19.1 Å². The number of nitrogens with zero attached hydrogens (tertiary/aromatic N) is 1. The standard InChI is InChI=1S/C25H20BrNO5/c1-31-18-11-12-19(20(14-18)32-2)22-21(23(28)15-7-4-3-5-8-15)24(29)25(30)27(22)17-10-6-9-16(26)13-17/h3-14,22,28H,1-2H3/t22-/m0/s1. The van der Waals surface area contributed by atoms with Crippen LogP contribution in [0.1, 0.15) is 17.2 Å². The fourth-order valence-electron chi connectivity index (χ4n) is 3.81. The lowest BCUT2D eigenvalue weighted by molar-refractivity contribution is -0.132. The highest BCUT2D eigenvalue weighted by molar-refractivity contribution is 9.10.